The van der Waals surface area contributed by atoms with Crippen LogP contribution in [0.15, 0.2) is 48.8 Å². The molecule has 0 spiro atoms. The molecule has 1 amide bonds. The number of rotatable bonds is 7. The third-order valence-electron chi connectivity index (χ3n) is 4.14. The van der Waals surface area contributed by atoms with Crippen molar-refractivity contribution in [3.05, 3.63) is 65.1 Å². The van der Waals surface area contributed by atoms with Gasteiger partial charge in [0, 0.05) is 42.7 Å². The Balaban J connectivity index is 1.61. The summed E-state index contributed by atoms with van der Waals surface area (Å²) in [6.45, 7) is 4.44. The zero-order valence-corrected chi connectivity index (χ0v) is 16.6. The minimum absolute atomic E-state index is 0.114. The third kappa shape index (κ3) is 5.27. The van der Waals surface area contributed by atoms with Crippen LogP contribution in [0.1, 0.15) is 24.6 Å². The molecule has 0 saturated heterocycles. The van der Waals surface area contributed by atoms with Crippen molar-refractivity contribution >= 4 is 29.0 Å². The first-order valence-electron chi connectivity index (χ1n) is 9.13. The zero-order chi connectivity index (χ0) is 19.9. The third-order valence-corrected chi connectivity index (χ3v) is 4.45. The van der Waals surface area contributed by atoms with Crippen molar-refractivity contribution in [3.8, 4) is 11.4 Å². The first kappa shape index (κ1) is 19.8. The van der Waals surface area contributed by atoms with Gasteiger partial charge in [0.2, 0.25) is 5.91 Å². The molecular formula is C21H22ClN5O. The number of anilines is 2. The average Bonchev–Trinajstić information content (AvgIpc) is 2.70. The molecule has 0 aliphatic carbocycles. The van der Waals surface area contributed by atoms with Crippen molar-refractivity contribution in [3.63, 3.8) is 0 Å². The molecule has 2 N–H and O–H groups in total. The largest absolute Gasteiger partial charge is 0.369 e. The SMILES string of the molecule is CCc1cc(NCCC(=O)Nc2ccc(C)cc2Cl)nc(-c2ccncc2)n1. The highest BCUT2D eigenvalue weighted by atomic mass is 35.5. The minimum Gasteiger partial charge on any atom is -0.369 e. The van der Waals surface area contributed by atoms with Gasteiger partial charge in [0.25, 0.3) is 0 Å². The number of pyridine rings is 1. The summed E-state index contributed by atoms with van der Waals surface area (Å²) in [6.07, 6.45) is 4.51. The molecule has 2 heterocycles. The molecule has 1 aromatic carbocycles. The van der Waals surface area contributed by atoms with Gasteiger partial charge in [-0.15, -0.1) is 0 Å². The molecule has 0 aliphatic rings. The van der Waals surface area contributed by atoms with E-state index in [1.807, 2.05) is 50.2 Å². The highest BCUT2D eigenvalue weighted by Gasteiger charge is 2.08. The van der Waals surface area contributed by atoms with Crippen LogP contribution in [0.4, 0.5) is 11.5 Å². The summed E-state index contributed by atoms with van der Waals surface area (Å²) in [5.41, 5.74) is 3.50. The van der Waals surface area contributed by atoms with E-state index < -0.39 is 0 Å². The quantitative estimate of drug-likeness (QED) is 0.615. The molecule has 3 aromatic rings. The second-order valence-corrected chi connectivity index (χ2v) is 6.77. The standard InChI is InChI=1S/C21H22ClN5O/c1-3-16-13-19(27-21(25-16)15-6-9-23-10-7-15)24-11-8-20(28)26-18-5-4-14(2)12-17(18)22/h4-7,9-10,12-13H,3,8,11H2,1-2H3,(H,26,28)(H,24,25,27). The van der Waals surface area contributed by atoms with Crippen LogP contribution < -0.4 is 10.6 Å². The molecule has 7 heteroatoms. The van der Waals surface area contributed by atoms with Crippen LogP contribution in [0.2, 0.25) is 5.02 Å². The topological polar surface area (TPSA) is 79.8 Å². The maximum atomic E-state index is 12.2. The van der Waals surface area contributed by atoms with Gasteiger partial charge in [-0.25, -0.2) is 9.97 Å². The lowest BCUT2D eigenvalue weighted by atomic mass is 10.2. The fraction of sp³-hybridized carbons (Fsp3) is 0.238. The normalized spacial score (nSPS) is 10.5. The van der Waals surface area contributed by atoms with Gasteiger partial charge in [0.1, 0.15) is 5.82 Å². The number of halogens is 1. The summed E-state index contributed by atoms with van der Waals surface area (Å²) < 4.78 is 0. The van der Waals surface area contributed by atoms with Gasteiger partial charge in [0.15, 0.2) is 5.82 Å². The van der Waals surface area contributed by atoms with Crippen LogP contribution in [-0.4, -0.2) is 27.4 Å². The van der Waals surface area contributed by atoms with E-state index in [2.05, 4.69) is 25.6 Å². The van der Waals surface area contributed by atoms with E-state index in [0.29, 0.717) is 35.3 Å². The first-order chi connectivity index (χ1) is 13.5. The lowest BCUT2D eigenvalue weighted by Crippen LogP contribution is -2.17. The maximum absolute atomic E-state index is 12.2. The Morgan fingerprint density at radius 2 is 1.89 bits per heavy atom. The number of aryl methyl sites for hydroxylation is 2. The second-order valence-electron chi connectivity index (χ2n) is 6.37. The zero-order valence-electron chi connectivity index (χ0n) is 15.9. The molecule has 0 bridgehead atoms. The number of nitrogens with one attached hydrogen (secondary N) is 2. The van der Waals surface area contributed by atoms with Crippen LogP contribution in [0, 0.1) is 6.92 Å². The van der Waals surface area contributed by atoms with Gasteiger partial charge in [-0.05, 0) is 43.2 Å². The Bertz CT molecular complexity index is 962. The van der Waals surface area contributed by atoms with E-state index in [1.54, 1.807) is 12.4 Å². The molecule has 144 valence electrons. The molecule has 0 fully saturated rings. The summed E-state index contributed by atoms with van der Waals surface area (Å²) in [6, 6.07) is 11.2. The molecule has 0 aliphatic heterocycles. The van der Waals surface area contributed by atoms with Crippen molar-refractivity contribution in [1.82, 2.24) is 15.0 Å². The Morgan fingerprint density at radius 3 is 2.61 bits per heavy atom. The van der Waals surface area contributed by atoms with Crippen LogP contribution in [-0.2, 0) is 11.2 Å². The fourth-order valence-electron chi connectivity index (χ4n) is 2.64. The van der Waals surface area contributed by atoms with Gasteiger partial charge in [-0.2, -0.15) is 0 Å². The van der Waals surface area contributed by atoms with Crippen LogP contribution in [0.5, 0.6) is 0 Å². The summed E-state index contributed by atoms with van der Waals surface area (Å²) in [7, 11) is 0. The highest BCUT2D eigenvalue weighted by Crippen LogP contribution is 2.23. The minimum atomic E-state index is -0.114. The average molecular weight is 396 g/mol. The van der Waals surface area contributed by atoms with Crippen molar-refractivity contribution in [2.75, 3.05) is 17.2 Å². The van der Waals surface area contributed by atoms with Gasteiger partial charge in [-0.1, -0.05) is 24.6 Å². The van der Waals surface area contributed by atoms with E-state index in [1.165, 1.54) is 0 Å². The number of carbonyl (C=O) groups is 1. The second kappa shape index (κ2) is 9.28. The van der Waals surface area contributed by atoms with E-state index in [4.69, 9.17) is 11.6 Å². The summed E-state index contributed by atoms with van der Waals surface area (Å²) in [5.74, 6) is 1.22. The van der Waals surface area contributed by atoms with E-state index in [9.17, 15) is 4.79 Å². The Labute approximate surface area is 169 Å². The van der Waals surface area contributed by atoms with Crippen LogP contribution in [0.25, 0.3) is 11.4 Å². The molecule has 6 nitrogen and oxygen atoms in total. The number of hydrogen-bond acceptors (Lipinski definition) is 5. The molecule has 28 heavy (non-hydrogen) atoms. The predicted octanol–water partition coefficient (Wildman–Crippen LogP) is 4.50. The van der Waals surface area contributed by atoms with Crippen molar-refractivity contribution in [1.29, 1.82) is 0 Å². The van der Waals surface area contributed by atoms with E-state index in [0.717, 1.165) is 23.2 Å². The maximum Gasteiger partial charge on any atom is 0.226 e. The Hall–Kier alpha value is -2.99. The van der Waals surface area contributed by atoms with Gasteiger partial charge in [0.05, 0.1) is 10.7 Å². The number of benzene rings is 1. The predicted molar refractivity (Wildman–Crippen MR) is 113 cm³/mol. The van der Waals surface area contributed by atoms with Crippen molar-refractivity contribution in [2.45, 2.75) is 26.7 Å². The molecule has 0 unspecified atom stereocenters. The van der Waals surface area contributed by atoms with E-state index in [-0.39, 0.29) is 5.91 Å². The summed E-state index contributed by atoms with van der Waals surface area (Å²) in [5, 5.41) is 6.58. The Morgan fingerprint density at radius 1 is 1.11 bits per heavy atom. The lowest BCUT2D eigenvalue weighted by Gasteiger charge is -2.11. The first-order valence-corrected chi connectivity index (χ1v) is 9.51. The van der Waals surface area contributed by atoms with Crippen molar-refractivity contribution in [2.24, 2.45) is 0 Å². The van der Waals surface area contributed by atoms with Gasteiger partial charge >= 0.3 is 0 Å². The lowest BCUT2D eigenvalue weighted by molar-refractivity contribution is -0.115. The van der Waals surface area contributed by atoms with Crippen molar-refractivity contribution < 1.29 is 4.79 Å². The van der Waals surface area contributed by atoms with E-state index >= 15 is 0 Å². The molecule has 3 rings (SSSR count). The number of amides is 1. The monoisotopic (exact) mass is 395 g/mol. The Kier molecular flexibility index (Phi) is 6.55. The van der Waals surface area contributed by atoms with Crippen LogP contribution >= 0.6 is 11.6 Å². The van der Waals surface area contributed by atoms with Gasteiger partial charge < -0.3 is 10.6 Å². The molecule has 0 atom stereocenters. The number of carbonyl (C=O) groups excluding carboxylic acids is 1. The molecular weight excluding hydrogens is 374 g/mol. The molecule has 0 saturated carbocycles. The summed E-state index contributed by atoms with van der Waals surface area (Å²) in [4.78, 5) is 25.3. The van der Waals surface area contributed by atoms with Crippen LogP contribution in [0.3, 0.4) is 0 Å². The van der Waals surface area contributed by atoms with Gasteiger partial charge in [-0.3, -0.25) is 9.78 Å². The molecule has 0 radical (unpaired) electrons. The smallest absolute Gasteiger partial charge is 0.226 e. The number of hydrogen-bond donors (Lipinski definition) is 2. The fourth-order valence-corrected chi connectivity index (χ4v) is 2.92. The molecule has 2 aromatic heterocycles. The highest BCUT2D eigenvalue weighted by molar-refractivity contribution is 6.33. The summed E-state index contributed by atoms with van der Waals surface area (Å²) >= 11 is 6.16. The number of aromatic nitrogens is 3. The number of nitrogens with zero attached hydrogens (tertiary/aromatic N) is 3.